The van der Waals surface area contributed by atoms with E-state index < -0.39 is 0 Å². The molecule has 1 N–H and O–H groups in total. The average molecular weight is 306 g/mol. The van der Waals surface area contributed by atoms with Crippen LogP contribution in [0.2, 0.25) is 5.02 Å². The van der Waals surface area contributed by atoms with Crippen LogP contribution in [-0.4, -0.2) is 15.5 Å². The molecule has 0 fully saturated rings. The summed E-state index contributed by atoms with van der Waals surface area (Å²) in [5, 5.41) is 6.97. The van der Waals surface area contributed by atoms with E-state index >= 15 is 0 Å². The molecule has 4 nitrogen and oxygen atoms in total. The molecule has 0 bridgehead atoms. The first-order valence-corrected chi connectivity index (χ1v) is 7.34. The predicted octanol–water partition coefficient (Wildman–Crippen LogP) is 3.70. The van der Waals surface area contributed by atoms with E-state index in [2.05, 4.69) is 10.3 Å². The number of fused-ring (bicyclic) bond motifs is 1. The van der Waals surface area contributed by atoms with Crippen molar-refractivity contribution in [2.45, 2.75) is 13.5 Å². The zero-order valence-corrected chi connectivity index (χ0v) is 12.3. The van der Waals surface area contributed by atoms with Gasteiger partial charge >= 0.3 is 0 Å². The molecule has 0 aliphatic carbocycles. The summed E-state index contributed by atoms with van der Waals surface area (Å²) in [5.74, 6) is -0.100. The number of aromatic nitrogens is 2. The molecule has 0 saturated carbocycles. The summed E-state index contributed by atoms with van der Waals surface area (Å²) in [6.07, 6.45) is 1.86. The fourth-order valence-corrected chi connectivity index (χ4v) is 2.99. The van der Waals surface area contributed by atoms with Gasteiger partial charge < -0.3 is 9.88 Å². The summed E-state index contributed by atoms with van der Waals surface area (Å²) in [5.41, 5.74) is 1.85. The van der Waals surface area contributed by atoms with Crippen LogP contribution in [0, 0.1) is 6.92 Å². The molecule has 0 unspecified atom stereocenters. The molecule has 0 radical (unpaired) electrons. The number of hydrogen-bond acceptors (Lipinski definition) is 3. The maximum atomic E-state index is 12.0. The summed E-state index contributed by atoms with van der Waals surface area (Å²) < 4.78 is 1.87. The number of rotatable bonds is 3. The molecule has 0 spiro atoms. The van der Waals surface area contributed by atoms with E-state index in [4.69, 9.17) is 11.6 Å². The molecular formula is C14H12ClN3OS. The lowest BCUT2D eigenvalue weighted by Crippen LogP contribution is -2.18. The number of carbonyl (C=O) groups is 1. The minimum atomic E-state index is -0.100. The topological polar surface area (TPSA) is 46.9 Å². The van der Waals surface area contributed by atoms with Crippen molar-refractivity contribution in [2.75, 3.05) is 5.32 Å². The first-order chi connectivity index (χ1) is 9.63. The van der Waals surface area contributed by atoms with Crippen molar-refractivity contribution in [2.24, 2.45) is 0 Å². The van der Waals surface area contributed by atoms with Gasteiger partial charge in [-0.2, -0.15) is 0 Å². The number of amides is 1. The minimum absolute atomic E-state index is 0.100. The average Bonchev–Trinajstić information content (AvgIpc) is 2.98. The van der Waals surface area contributed by atoms with Crippen molar-refractivity contribution in [1.29, 1.82) is 0 Å². The van der Waals surface area contributed by atoms with Gasteiger partial charge in [-0.1, -0.05) is 17.7 Å². The quantitative estimate of drug-likeness (QED) is 0.802. The molecule has 0 atom stereocenters. The summed E-state index contributed by atoms with van der Waals surface area (Å²) in [4.78, 5) is 16.2. The Hall–Kier alpha value is -1.85. The third kappa shape index (κ3) is 2.55. The SMILES string of the molecule is Cc1csc(NC(=O)Cn2ccc3c(Cl)cccc32)n1. The number of hydrogen-bond donors (Lipinski definition) is 1. The first kappa shape index (κ1) is 13.1. The van der Waals surface area contributed by atoms with Gasteiger partial charge in [-0.05, 0) is 25.1 Å². The number of nitrogens with one attached hydrogen (secondary N) is 1. The van der Waals surface area contributed by atoms with E-state index in [-0.39, 0.29) is 12.5 Å². The van der Waals surface area contributed by atoms with Crippen molar-refractivity contribution in [1.82, 2.24) is 9.55 Å². The van der Waals surface area contributed by atoms with E-state index in [1.807, 2.05) is 47.3 Å². The third-order valence-electron chi connectivity index (χ3n) is 2.94. The molecule has 20 heavy (non-hydrogen) atoms. The maximum Gasteiger partial charge on any atom is 0.246 e. The van der Waals surface area contributed by atoms with Crippen LogP contribution in [0.15, 0.2) is 35.8 Å². The number of carbonyl (C=O) groups excluding carboxylic acids is 1. The van der Waals surface area contributed by atoms with Crippen molar-refractivity contribution in [3.63, 3.8) is 0 Å². The van der Waals surface area contributed by atoms with Gasteiger partial charge in [-0.3, -0.25) is 4.79 Å². The highest BCUT2D eigenvalue weighted by molar-refractivity contribution is 7.13. The normalized spacial score (nSPS) is 10.9. The monoisotopic (exact) mass is 305 g/mol. The molecule has 1 aromatic carbocycles. The van der Waals surface area contributed by atoms with Gasteiger partial charge in [-0.15, -0.1) is 11.3 Å². The molecule has 3 rings (SSSR count). The smallest absolute Gasteiger partial charge is 0.246 e. The predicted molar refractivity (Wildman–Crippen MR) is 82.4 cm³/mol. The molecule has 6 heteroatoms. The lowest BCUT2D eigenvalue weighted by atomic mass is 10.2. The van der Waals surface area contributed by atoms with Gasteiger partial charge in [0.15, 0.2) is 5.13 Å². The standard InChI is InChI=1S/C14H12ClN3OS/c1-9-8-20-14(16-9)17-13(19)7-18-6-5-10-11(15)3-2-4-12(10)18/h2-6,8H,7H2,1H3,(H,16,17,19). The van der Waals surface area contributed by atoms with Crippen LogP contribution in [-0.2, 0) is 11.3 Å². The summed E-state index contributed by atoms with van der Waals surface area (Å²) in [6, 6.07) is 7.58. The lowest BCUT2D eigenvalue weighted by Gasteiger charge is -2.05. The van der Waals surface area contributed by atoms with Crippen molar-refractivity contribution in [3.8, 4) is 0 Å². The highest BCUT2D eigenvalue weighted by atomic mass is 35.5. The van der Waals surface area contributed by atoms with E-state index in [9.17, 15) is 4.79 Å². The Balaban J connectivity index is 1.79. The Morgan fingerprint density at radius 1 is 1.45 bits per heavy atom. The van der Waals surface area contributed by atoms with Crippen LogP contribution < -0.4 is 5.32 Å². The second kappa shape index (κ2) is 5.26. The molecule has 102 valence electrons. The number of aryl methyl sites for hydroxylation is 1. The van der Waals surface area contributed by atoms with Crippen LogP contribution in [0.3, 0.4) is 0 Å². The Labute approximate surface area is 125 Å². The van der Waals surface area contributed by atoms with Crippen LogP contribution >= 0.6 is 22.9 Å². The van der Waals surface area contributed by atoms with Gasteiger partial charge in [0, 0.05) is 27.5 Å². The number of nitrogens with zero attached hydrogens (tertiary/aromatic N) is 2. The number of anilines is 1. The molecule has 0 saturated heterocycles. The largest absolute Gasteiger partial charge is 0.338 e. The zero-order chi connectivity index (χ0) is 14.1. The van der Waals surface area contributed by atoms with E-state index in [0.29, 0.717) is 10.2 Å². The molecule has 2 heterocycles. The summed E-state index contributed by atoms with van der Waals surface area (Å²) in [7, 11) is 0. The van der Waals surface area contributed by atoms with Crippen LogP contribution in [0.25, 0.3) is 10.9 Å². The van der Waals surface area contributed by atoms with Gasteiger partial charge in [0.1, 0.15) is 6.54 Å². The van der Waals surface area contributed by atoms with Crippen LogP contribution in [0.4, 0.5) is 5.13 Å². The third-order valence-corrected chi connectivity index (χ3v) is 4.14. The van der Waals surface area contributed by atoms with Gasteiger partial charge in [0.05, 0.1) is 5.69 Å². The second-order valence-corrected chi connectivity index (χ2v) is 5.72. The van der Waals surface area contributed by atoms with E-state index in [1.54, 1.807) is 0 Å². The van der Waals surface area contributed by atoms with Crippen LogP contribution in [0.1, 0.15) is 5.69 Å². The van der Waals surface area contributed by atoms with E-state index in [1.165, 1.54) is 11.3 Å². The number of halogens is 1. The van der Waals surface area contributed by atoms with Crippen molar-refractivity contribution < 1.29 is 4.79 Å². The minimum Gasteiger partial charge on any atom is -0.338 e. The van der Waals surface area contributed by atoms with Crippen molar-refractivity contribution >= 4 is 44.9 Å². The summed E-state index contributed by atoms with van der Waals surface area (Å²) in [6.45, 7) is 2.13. The molecular weight excluding hydrogens is 294 g/mol. The number of thiazole rings is 1. The first-order valence-electron chi connectivity index (χ1n) is 6.09. The molecule has 3 aromatic rings. The Bertz CT molecular complexity index is 778. The summed E-state index contributed by atoms with van der Waals surface area (Å²) >= 11 is 7.54. The lowest BCUT2D eigenvalue weighted by molar-refractivity contribution is -0.116. The maximum absolute atomic E-state index is 12.0. The number of benzene rings is 1. The molecule has 1 amide bonds. The Morgan fingerprint density at radius 3 is 3.05 bits per heavy atom. The highest BCUT2D eigenvalue weighted by Crippen LogP contribution is 2.24. The zero-order valence-electron chi connectivity index (χ0n) is 10.8. The van der Waals surface area contributed by atoms with Gasteiger partial charge in [0.25, 0.3) is 0 Å². The molecule has 2 aromatic heterocycles. The Kier molecular flexibility index (Phi) is 3.46. The fraction of sp³-hybridized carbons (Fsp3) is 0.143. The van der Waals surface area contributed by atoms with Gasteiger partial charge in [-0.25, -0.2) is 4.98 Å². The Morgan fingerprint density at radius 2 is 2.30 bits per heavy atom. The molecule has 0 aliphatic heterocycles. The fourth-order valence-electron chi connectivity index (χ4n) is 2.05. The van der Waals surface area contributed by atoms with Gasteiger partial charge in [0.2, 0.25) is 5.91 Å². The highest BCUT2D eigenvalue weighted by Gasteiger charge is 2.09. The van der Waals surface area contributed by atoms with E-state index in [0.717, 1.165) is 16.6 Å². The molecule has 0 aliphatic rings. The van der Waals surface area contributed by atoms with Crippen molar-refractivity contribution in [3.05, 3.63) is 46.6 Å². The second-order valence-electron chi connectivity index (χ2n) is 4.46. The van der Waals surface area contributed by atoms with Crippen LogP contribution in [0.5, 0.6) is 0 Å².